The van der Waals surface area contributed by atoms with Crippen molar-refractivity contribution in [1.29, 1.82) is 0 Å². The summed E-state index contributed by atoms with van der Waals surface area (Å²) in [6.45, 7) is 3.95. The van der Waals surface area contributed by atoms with Gasteiger partial charge in [-0.05, 0) is 49.6 Å². The molecule has 0 saturated carbocycles. The van der Waals surface area contributed by atoms with Crippen LogP contribution in [0, 0.1) is 5.92 Å². The molecule has 2 aromatic rings. The SMILES string of the molecule is COc1ccccc1N1C[C@H]2C[C@@H]1CN(CCCN1C(=O)c3ccccc3S1(=O)=O)C2. The Morgan fingerprint density at radius 2 is 1.77 bits per heavy atom. The van der Waals surface area contributed by atoms with E-state index in [1.54, 1.807) is 25.3 Å². The first-order chi connectivity index (χ1) is 15.0. The predicted octanol–water partition coefficient (Wildman–Crippen LogP) is 2.44. The van der Waals surface area contributed by atoms with E-state index in [0.717, 1.165) is 41.9 Å². The van der Waals surface area contributed by atoms with E-state index in [-0.39, 0.29) is 17.0 Å². The van der Waals surface area contributed by atoms with Crippen molar-refractivity contribution >= 4 is 21.6 Å². The fourth-order valence-electron chi connectivity index (χ4n) is 5.29. The van der Waals surface area contributed by atoms with Crippen LogP contribution in [0.3, 0.4) is 0 Å². The molecule has 3 aliphatic heterocycles. The highest BCUT2D eigenvalue weighted by Crippen LogP contribution is 2.38. The second-order valence-electron chi connectivity index (χ2n) is 8.57. The summed E-state index contributed by atoms with van der Waals surface area (Å²) < 4.78 is 32.0. The number of fused-ring (bicyclic) bond motifs is 3. The molecule has 0 radical (unpaired) electrons. The maximum absolute atomic E-state index is 12.7. The van der Waals surface area contributed by atoms with Gasteiger partial charge in [-0.25, -0.2) is 12.7 Å². The summed E-state index contributed by atoms with van der Waals surface area (Å²) >= 11 is 0. The normalized spacial score (nSPS) is 24.5. The summed E-state index contributed by atoms with van der Waals surface area (Å²) in [7, 11) is -2.01. The van der Waals surface area contributed by atoms with E-state index in [2.05, 4.69) is 15.9 Å². The summed E-state index contributed by atoms with van der Waals surface area (Å²) in [6, 6.07) is 15.0. The summed E-state index contributed by atoms with van der Waals surface area (Å²) in [5.74, 6) is 1.08. The molecule has 8 heteroatoms. The van der Waals surface area contributed by atoms with Gasteiger partial charge in [-0.1, -0.05) is 24.3 Å². The molecule has 2 aromatic carbocycles. The molecule has 0 unspecified atom stereocenters. The van der Waals surface area contributed by atoms with Crippen LogP contribution in [0.15, 0.2) is 53.4 Å². The van der Waals surface area contributed by atoms with Gasteiger partial charge in [0.05, 0.1) is 18.4 Å². The van der Waals surface area contributed by atoms with Gasteiger partial charge in [-0.15, -0.1) is 0 Å². The molecule has 5 rings (SSSR count). The number of carbonyl (C=O) groups is 1. The lowest BCUT2D eigenvalue weighted by molar-refractivity contribution is 0.0864. The third kappa shape index (κ3) is 3.47. The Balaban J connectivity index is 1.21. The number of likely N-dealkylation sites (tertiary alicyclic amines) is 1. The molecule has 164 valence electrons. The van der Waals surface area contributed by atoms with Crippen molar-refractivity contribution in [3.05, 3.63) is 54.1 Å². The number of nitrogens with zero attached hydrogens (tertiary/aromatic N) is 3. The number of amides is 1. The second kappa shape index (κ2) is 7.84. The van der Waals surface area contributed by atoms with Crippen LogP contribution in [0.25, 0.3) is 0 Å². The van der Waals surface area contributed by atoms with Gasteiger partial charge < -0.3 is 14.5 Å². The Morgan fingerprint density at radius 1 is 1.00 bits per heavy atom. The highest BCUT2D eigenvalue weighted by molar-refractivity contribution is 7.90. The summed E-state index contributed by atoms with van der Waals surface area (Å²) in [4.78, 5) is 17.6. The van der Waals surface area contributed by atoms with E-state index < -0.39 is 15.9 Å². The topological polar surface area (TPSA) is 70.2 Å². The Hall–Kier alpha value is -2.58. The first-order valence-corrected chi connectivity index (χ1v) is 12.2. The first-order valence-electron chi connectivity index (χ1n) is 10.8. The Kier molecular flexibility index (Phi) is 5.14. The van der Waals surface area contributed by atoms with Crippen molar-refractivity contribution < 1.29 is 17.9 Å². The molecular weight excluding hydrogens is 414 g/mol. The van der Waals surface area contributed by atoms with Crippen LogP contribution in [-0.2, 0) is 10.0 Å². The lowest BCUT2D eigenvalue weighted by atomic mass is 10.00. The number of piperidine rings is 1. The molecule has 3 heterocycles. The number of methoxy groups -OCH3 is 1. The number of sulfonamides is 1. The van der Waals surface area contributed by atoms with Crippen LogP contribution >= 0.6 is 0 Å². The van der Waals surface area contributed by atoms with Crippen molar-refractivity contribution in [3.8, 4) is 5.75 Å². The first kappa shape index (κ1) is 20.3. The third-order valence-corrected chi connectivity index (χ3v) is 8.47. The highest BCUT2D eigenvalue weighted by atomic mass is 32.2. The summed E-state index contributed by atoms with van der Waals surface area (Å²) in [5, 5.41) is 0. The minimum atomic E-state index is -3.72. The molecule has 3 aliphatic rings. The van der Waals surface area contributed by atoms with Crippen LogP contribution in [0.2, 0.25) is 0 Å². The molecule has 0 spiro atoms. The maximum atomic E-state index is 12.7. The van der Waals surface area contributed by atoms with Gasteiger partial charge in [0.2, 0.25) is 0 Å². The van der Waals surface area contributed by atoms with Gasteiger partial charge in [0.25, 0.3) is 15.9 Å². The average molecular weight is 442 g/mol. The second-order valence-corrected chi connectivity index (χ2v) is 10.4. The molecule has 0 N–H and O–H groups in total. The third-order valence-electron chi connectivity index (χ3n) is 6.63. The number of carbonyl (C=O) groups excluding carboxylic acids is 1. The maximum Gasteiger partial charge on any atom is 0.269 e. The van der Waals surface area contributed by atoms with Crippen molar-refractivity contribution in [2.75, 3.05) is 44.7 Å². The van der Waals surface area contributed by atoms with Crippen LogP contribution in [0.4, 0.5) is 5.69 Å². The molecule has 1 amide bonds. The Labute approximate surface area is 183 Å². The molecule has 7 nitrogen and oxygen atoms in total. The van der Waals surface area contributed by atoms with Gasteiger partial charge >= 0.3 is 0 Å². The minimum Gasteiger partial charge on any atom is -0.495 e. The van der Waals surface area contributed by atoms with Gasteiger partial charge in [-0.3, -0.25) is 4.79 Å². The zero-order valence-corrected chi connectivity index (χ0v) is 18.4. The number of para-hydroxylation sites is 2. The zero-order valence-electron chi connectivity index (χ0n) is 17.6. The standard InChI is InChI=1S/C23H27N3O4S/c1-30-21-9-4-3-8-20(21)25-15-17-13-18(25)16-24(14-17)11-6-12-26-23(27)19-7-2-5-10-22(19)31(26,28)29/h2-5,7-10,17-18H,6,11-16H2,1H3/t17-,18+/m0/s1. The number of hydrogen-bond acceptors (Lipinski definition) is 6. The van der Waals surface area contributed by atoms with E-state index in [9.17, 15) is 13.2 Å². The van der Waals surface area contributed by atoms with E-state index in [1.807, 2.05) is 18.2 Å². The van der Waals surface area contributed by atoms with Crippen molar-refractivity contribution in [2.24, 2.45) is 5.92 Å². The number of rotatable bonds is 6. The summed E-state index contributed by atoms with van der Waals surface area (Å²) in [6.07, 6.45) is 1.80. The summed E-state index contributed by atoms with van der Waals surface area (Å²) in [5.41, 5.74) is 1.43. The quantitative estimate of drug-likeness (QED) is 0.686. The van der Waals surface area contributed by atoms with Crippen LogP contribution in [-0.4, -0.2) is 69.4 Å². The molecule has 2 atom stereocenters. The number of benzene rings is 2. The minimum absolute atomic E-state index is 0.128. The smallest absolute Gasteiger partial charge is 0.269 e. The highest BCUT2D eigenvalue weighted by Gasteiger charge is 2.41. The van der Waals surface area contributed by atoms with E-state index in [4.69, 9.17) is 4.74 Å². The fourth-order valence-corrected chi connectivity index (χ4v) is 6.90. The zero-order chi connectivity index (χ0) is 21.6. The lowest BCUT2D eigenvalue weighted by Crippen LogP contribution is -2.43. The Morgan fingerprint density at radius 3 is 2.58 bits per heavy atom. The molecule has 2 fully saturated rings. The molecule has 0 aliphatic carbocycles. The molecule has 0 aromatic heterocycles. The van der Waals surface area contributed by atoms with Gasteiger partial charge in [0, 0.05) is 32.2 Å². The van der Waals surface area contributed by atoms with Gasteiger partial charge in [-0.2, -0.15) is 0 Å². The number of ether oxygens (including phenoxy) is 1. The number of hydrogen-bond donors (Lipinski definition) is 0. The van der Waals surface area contributed by atoms with Crippen LogP contribution < -0.4 is 9.64 Å². The van der Waals surface area contributed by atoms with Crippen molar-refractivity contribution in [3.63, 3.8) is 0 Å². The van der Waals surface area contributed by atoms with Crippen molar-refractivity contribution in [2.45, 2.75) is 23.8 Å². The molecule has 2 bridgehead atoms. The van der Waals surface area contributed by atoms with Crippen molar-refractivity contribution in [1.82, 2.24) is 9.21 Å². The fraction of sp³-hybridized carbons (Fsp3) is 0.435. The Bertz CT molecular complexity index is 1100. The number of anilines is 1. The van der Waals surface area contributed by atoms with Crippen LogP contribution in [0.1, 0.15) is 23.2 Å². The van der Waals surface area contributed by atoms with Gasteiger partial charge in [0.15, 0.2) is 0 Å². The predicted molar refractivity (Wildman–Crippen MR) is 118 cm³/mol. The van der Waals surface area contributed by atoms with E-state index >= 15 is 0 Å². The molecule has 31 heavy (non-hydrogen) atoms. The van der Waals surface area contributed by atoms with Gasteiger partial charge in [0.1, 0.15) is 10.6 Å². The molecular formula is C23H27N3O4S. The van der Waals surface area contributed by atoms with E-state index in [0.29, 0.717) is 18.4 Å². The van der Waals surface area contributed by atoms with Crippen LogP contribution in [0.5, 0.6) is 5.75 Å². The largest absolute Gasteiger partial charge is 0.495 e. The van der Waals surface area contributed by atoms with E-state index in [1.165, 1.54) is 12.5 Å². The average Bonchev–Trinajstić information content (AvgIpc) is 3.18. The molecule has 2 saturated heterocycles. The monoisotopic (exact) mass is 441 g/mol. The lowest BCUT2D eigenvalue weighted by Gasteiger charge is -2.34.